The maximum absolute atomic E-state index is 12.8. The van der Waals surface area contributed by atoms with Crippen molar-refractivity contribution in [2.75, 3.05) is 32.8 Å². The summed E-state index contributed by atoms with van der Waals surface area (Å²) in [5, 5.41) is 9.79. The molecule has 3 rings (SSSR count). The third-order valence-electron chi connectivity index (χ3n) is 4.66. The zero-order valence-corrected chi connectivity index (χ0v) is 17.2. The molecule has 0 radical (unpaired) electrons. The van der Waals surface area contributed by atoms with Crippen LogP contribution in [-0.4, -0.2) is 65.8 Å². The molecule has 0 spiro atoms. The molecule has 1 aromatic carbocycles. The second kappa shape index (κ2) is 9.58. The van der Waals surface area contributed by atoms with E-state index in [1.807, 2.05) is 19.9 Å². The number of hydrogen-bond donors (Lipinski definition) is 1. The maximum atomic E-state index is 12.8. The highest BCUT2D eigenvalue weighted by Crippen LogP contribution is 2.28. The minimum Gasteiger partial charge on any atom is -0.480 e. The van der Waals surface area contributed by atoms with E-state index in [1.165, 1.54) is 0 Å². The largest absolute Gasteiger partial charge is 0.480 e. The molecule has 0 saturated carbocycles. The number of aromatic nitrogens is 1. The molecule has 1 saturated heterocycles. The molecule has 9 heteroatoms. The summed E-state index contributed by atoms with van der Waals surface area (Å²) in [6.45, 7) is 6.41. The summed E-state index contributed by atoms with van der Waals surface area (Å²) >= 11 is 6.21. The van der Waals surface area contributed by atoms with Crippen molar-refractivity contribution in [3.63, 3.8) is 0 Å². The van der Waals surface area contributed by atoms with E-state index in [2.05, 4.69) is 4.90 Å². The van der Waals surface area contributed by atoms with Crippen LogP contribution < -0.4 is 5.56 Å². The Morgan fingerprint density at radius 1 is 1.24 bits per heavy atom. The molecule has 158 valence electrons. The number of carbonyl (C=O) groups is 1. The zero-order valence-electron chi connectivity index (χ0n) is 16.4. The molecule has 1 aliphatic rings. The highest BCUT2D eigenvalue weighted by Gasteiger charge is 2.37. The smallest absolute Gasteiger partial charge is 0.332 e. The van der Waals surface area contributed by atoms with E-state index >= 15 is 0 Å². The summed E-state index contributed by atoms with van der Waals surface area (Å²) in [5.74, 6) is -1.09. The Morgan fingerprint density at radius 2 is 1.90 bits per heavy atom. The molecular weight excluding hydrogens is 400 g/mol. The molecule has 1 aromatic heterocycles. The molecule has 2 unspecified atom stereocenters. The number of benzene rings is 1. The van der Waals surface area contributed by atoms with Gasteiger partial charge >= 0.3 is 11.5 Å². The quantitative estimate of drug-likeness (QED) is 0.695. The Balaban J connectivity index is 1.98. The molecule has 2 heterocycles. The average molecular weight is 425 g/mol. The second-order valence-electron chi connectivity index (χ2n) is 7.15. The van der Waals surface area contributed by atoms with E-state index in [9.17, 15) is 14.7 Å². The predicted molar refractivity (Wildman–Crippen MR) is 107 cm³/mol. The molecule has 8 nitrogen and oxygen atoms in total. The Bertz CT molecular complexity index is 873. The Kier molecular flexibility index (Phi) is 7.13. The van der Waals surface area contributed by atoms with Crippen molar-refractivity contribution < 1.29 is 23.9 Å². The lowest BCUT2D eigenvalue weighted by Gasteiger charge is -2.33. The van der Waals surface area contributed by atoms with Crippen molar-refractivity contribution in [3.05, 3.63) is 45.7 Å². The van der Waals surface area contributed by atoms with Crippen LogP contribution in [0.2, 0.25) is 5.02 Å². The van der Waals surface area contributed by atoms with Crippen molar-refractivity contribution in [2.45, 2.75) is 32.1 Å². The van der Waals surface area contributed by atoms with Gasteiger partial charge in [-0.05, 0) is 13.8 Å². The first kappa shape index (κ1) is 21.6. The van der Waals surface area contributed by atoms with Gasteiger partial charge in [0.15, 0.2) is 16.8 Å². The summed E-state index contributed by atoms with van der Waals surface area (Å²) in [6, 6.07) is 7.49. The van der Waals surface area contributed by atoms with Crippen LogP contribution in [-0.2, 0) is 14.3 Å². The van der Waals surface area contributed by atoms with E-state index in [4.69, 9.17) is 25.6 Å². The first-order valence-electron chi connectivity index (χ1n) is 9.53. The number of ether oxygens (including phenoxy) is 2. The lowest BCUT2D eigenvalue weighted by molar-refractivity contribution is -0.152. The van der Waals surface area contributed by atoms with Gasteiger partial charge in [-0.2, -0.15) is 4.74 Å². The number of carboxylic acids is 1. The molecule has 1 aliphatic heterocycles. The van der Waals surface area contributed by atoms with Gasteiger partial charge in [0.05, 0.1) is 19.3 Å². The molecule has 29 heavy (non-hydrogen) atoms. The van der Waals surface area contributed by atoms with Gasteiger partial charge < -0.3 is 19.1 Å². The van der Waals surface area contributed by atoms with Crippen molar-refractivity contribution in [1.82, 2.24) is 9.64 Å². The molecule has 0 amide bonds. The van der Waals surface area contributed by atoms with Crippen molar-refractivity contribution in [2.24, 2.45) is 0 Å². The van der Waals surface area contributed by atoms with Crippen LogP contribution in [0.3, 0.4) is 0 Å². The summed E-state index contributed by atoms with van der Waals surface area (Å²) in [6.07, 6.45) is -1.05. The van der Waals surface area contributed by atoms with Gasteiger partial charge in [0.1, 0.15) is 6.10 Å². The first-order valence-corrected chi connectivity index (χ1v) is 9.91. The number of hydrogen-bond acceptors (Lipinski definition) is 6. The molecule has 2 atom stereocenters. The van der Waals surface area contributed by atoms with Crippen LogP contribution in [0, 0.1) is 0 Å². The summed E-state index contributed by atoms with van der Waals surface area (Å²) in [7, 11) is 0. The van der Waals surface area contributed by atoms with Gasteiger partial charge in [-0.1, -0.05) is 41.9 Å². The van der Waals surface area contributed by atoms with Crippen LogP contribution in [0.4, 0.5) is 0 Å². The van der Waals surface area contributed by atoms with Gasteiger partial charge in [0.2, 0.25) is 0 Å². The summed E-state index contributed by atoms with van der Waals surface area (Å²) < 4.78 is 17.8. The highest BCUT2D eigenvalue weighted by molar-refractivity contribution is 6.32. The highest BCUT2D eigenvalue weighted by atomic mass is 35.5. The van der Waals surface area contributed by atoms with Gasteiger partial charge in [-0.3, -0.25) is 9.69 Å². The van der Waals surface area contributed by atoms with Gasteiger partial charge in [0.25, 0.3) is 0 Å². The topological polar surface area (TPSA) is 94.1 Å². The maximum Gasteiger partial charge on any atom is 0.332 e. The minimum atomic E-state index is -1.36. The van der Waals surface area contributed by atoms with Crippen LogP contribution in [0.25, 0.3) is 11.3 Å². The molecular formula is C20H25ClN2O6. The fourth-order valence-electron chi connectivity index (χ4n) is 3.34. The normalized spacial score (nSPS) is 17.4. The van der Waals surface area contributed by atoms with Crippen molar-refractivity contribution in [1.29, 1.82) is 0 Å². The molecule has 1 fully saturated rings. The Morgan fingerprint density at radius 3 is 2.48 bits per heavy atom. The fourth-order valence-corrected chi connectivity index (χ4v) is 3.57. The number of rotatable bonds is 8. The van der Waals surface area contributed by atoms with E-state index in [-0.39, 0.29) is 16.9 Å². The molecule has 2 aromatic rings. The Hall–Kier alpha value is -2.13. The first-order chi connectivity index (χ1) is 13.9. The van der Waals surface area contributed by atoms with Crippen LogP contribution in [0.15, 0.2) is 39.6 Å². The van der Waals surface area contributed by atoms with Gasteiger partial charge in [0, 0.05) is 25.2 Å². The van der Waals surface area contributed by atoms with Crippen molar-refractivity contribution in [3.8, 4) is 11.3 Å². The number of morpholine rings is 1. The summed E-state index contributed by atoms with van der Waals surface area (Å²) in [5.41, 5.74) is -0.107. The van der Waals surface area contributed by atoms with Crippen LogP contribution in [0.1, 0.15) is 19.9 Å². The van der Waals surface area contributed by atoms with E-state index < -0.39 is 23.7 Å². The predicted octanol–water partition coefficient (Wildman–Crippen LogP) is 2.51. The lowest BCUT2D eigenvalue weighted by atomic mass is 10.1. The second-order valence-corrected chi connectivity index (χ2v) is 7.53. The molecule has 1 N–H and O–H groups in total. The number of carboxylic acid groups (broad SMARTS) is 1. The third-order valence-corrected chi connectivity index (χ3v) is 4.99. The lowest BCUT2D eigenvalue weighted by Crippen LogP contribution is -2.48. The number of aliphatic carboxylic acids is 1. The average Bonchev–Trinajstić information content (AvgIpc) is 2.98. The van der Waals surface area contributed by atoms with Crippen LogP contribution >= 0.6 is 11.6 Å². The number of nitrogens with zero attached hydrogens (tertiary/aromatic N) is 2. The zero-order chi connectivity index (χ0) is 21.0. The minimum absolute atomic E-state index is 0.137. The van der Waals surface area contributed by atoms with Gasteiger partial charge in [-0.25, -0.2) is 4.79 Å². The Labute approximate surface area is 173 Å². The SMILES string of the molecule is CC(C)OC(CN1CCOCC1)C(C(=O)O)n1oc(-c2ccccc2)c(Cl)c1=O. The van der Waals surface area contributed by atoms with Crippen molar-refractivity contribution >= 4 is 17.6 Å². The fraction of sp³-hybridized carbons (Fsp3) is 0.500. The van der Waals surface area contributed by atoms with E-state index in [0.29, 0.717) is 38.4 Å². The number of halogens is 1. The third kappa shape index (κ3) is 5.08. The van der Waals surface area contributed by atoms with Gasteiger partial charge in [-0.15, -0.1) is 0 Å². The van der Waals surface area contributed by atoms with E-state index in [1.54, 1.807) is 24.3 Å². The summed E-state index contributed by atoms with van der Waals surface area (Å²) in [4.78, 5) is 27.0. The monoisotopic (exact) mass is 424 g/mol. The van der Waals surface area contributed by atoms with Crippen LogP contribution in [0.5, 0.6) is 0 Å². The molecule has 0 bridgehead atoms. The molecule has 0 aliphatic carbocycles. The standard InChI is InChI=1S/C20H25ClN2O6/c1-13(2)28-15(12-22-8-10-27-11-9-22)17(20(25)26)23-19(24)16(21)18(29-23)14-6-4-3-5-7-14/h3-7,13,15,17H,8-12H2,1-2H3,(H,25,26). The van der Waals surface area contributed by atoms with E-state index in [0.717, 1.165) is 4.74 Å².